The van der Waals surface area contributed by atoms with Crippen LogP contribution in [0.5, 0.6) is 0 Å². The quantitative estimate of drug-likeness (QED) is 0.842. The van der Waals surface area contributed by atoms with Crippen molar-refractivity contribution in [3.05, 3.63) is 35.7 Å². The van der Waals surface area contributed by atoms with Gasteiger partial charge in [0, 0.05) is 12.7 Å². The van der Waals surface area contributed by atoms with E-state index in [4.69, 9.17) is 14.5 Å². The summed E-state index contributed by atoms with van der Waals surface area (Å²) in [6, 6.07) is 9.14. The van der Waals surface area contributed by atoms with E-state index in [1.165, 1.54) is 0 Å². The van der Waals surface area contributed by atoms with Crippen LogP contribution in [-0.2, 0) is 10.3 Å². The summed E-state index contributed by atoms with van der Waals surface area (Å²) >= 11 is 0. The third kappa shape index (κ3) is 2.49. The number of methoxy groups -OCH3 is 1. The fraction of sp³-hybridized carbons (Fsp3) is 0.357. The van der Waals surface area contributed by atoms with Gasteiger partial charge in [0.05, 0.1) is 11.6 Å². The second-order valence-electron chi connectivity index (χ2n) is 4.40. The van der Waals surface area contributed by atoms with E-state index in [-0.39, 0.29) is 0 Å². The summed E-state index contributed by atoms with van der Waals surface area (Å²) < 4.78 is 10.7. The minimum absolute atomic E-state index is 0.392. The van der Waals surface area contributed by atoms with Crippen molar-refractivity contribution in [1.29, 1.82) is 5.26 Å². The first-order valence-electron chi connectivity index (χ1n) is 6.03. The Kier molecular flexibility index (Phi) is 3.63. The van der Waals surface area contributed by atoms with Crippen LogP contribution < -0.4 is 0 Å². The lowest BCUT2D eigenvalue weighted by molar-refractivity contribution is -0.0106. The number of aromatic nitrogens is 2. The topological polar surface area (TPSA) is 71.9 Å². The van der Waals surface area contributed by atoms with Crippen LogP contribution in [0.25, 0.3) is 11.5 Å². The maximum absolute atomic E-state index is 8.88. The highest BCUT2D eigenvalue weighted by atomic mass is 16.5. The number of benzene rings is 1. The van der Waals surface area contributed by atoms with E-state index in [2.05, 4.69) is 16.2 Å². The molecule has 0 saturated heterocycles. The molecule has 0 saturated carbocycles. The molecule has 0 spiro atoms. The summed E-state index contributed by atoms with van der Waals surface area (Å²) in [7, 11) is 1.62. The highest BCUT2D eigenvalue weighted by molar-refractivity contribution is 5.56. The standard InChI is InChI=1S/C14H15N3O2/c1-4-14(2,18-3)13-16-12(19-17-13)11-7-5-6-10(8-11)9-15/h5-8H,4H2,1-3H3. The van der Waals surface area contributed by atoms with Gasteiger partial charge in [-0.3, -0.25) is 0 Å². The van der Waals surface area contributed by atoms with Crippen LogP contribution in [-0.4, -0.2) is 17.3 Å². The Morgan fingerprint density at radius 2 is 2.26 bits per heavy atom. The van der Waals surface area contributed by atoms with Gasteiger partial charge < -0.3 is 9.26 Å². The van der Waals surface area contributed by atoms with Gasteiger partial charge in [-0.1, -0.05) is 18.1 Å². The van der Waals surface area contributed by atoms with E-state index in [9.17, 15) is 0 Å². The average molecular weight is 257 g/mol. The summed E-state index contributed by atoms with van der Waals surface area (Å²) in [6.45, 7) is 3.91. The lowest BCUT2D eigenvalue weighted by Gasteiger charge is -2.21. The van der Waals surface area contributed by atoms with Gasteiger partial charge in [0.1, 0.15) is 5.60 Å². The second-order valence-corrected chi connectivity index (χ2v) is 4.40. The normalized spacial score (nSPS) is 13.8. The van der Waals surface area contributed by atoms with Crippen molar-refractivity contribution in [2.24, 2.45) is 0 Å². The summed E-state index contributed by atoms with van der Waals surface area (Å²) in [6.07, 6.45) is 0.737. The highest BCUT2D eigenvalue weighted by Crippen LogP contribution is 2.28. The lowest BCUT2D eigenvalue weighted by atomic mass is 10.0. The van der Waals surface area contributed by atoms with Gasteiger partial charge in [0.25, 0.3) is 5.89 Å². The van der Waals surface area contributed by atoms with Crippen LogP contribution in [0.4, 0.5) is 0 Å². The Labute approximate surface area is 111 Å². The molecule has 0 fully saturated rings. The van der Waals surface area contributed by atoms with Gasteiger partial charge in [0.15, 0.2) is 0 Å². The van der Waals surface area contributed by atoms with E-state index >= 15 is 0 Å². The molecule has 2 rings (SSSR count). The van der Waals surface area contributed by atoms with Gasteiger partial charge in [0.2, 0.25) is 5.82 Å². The molecular formula is C14H15N3O2. The summed E-state index contributed by atoms with van der Waals surface area (Å²) in [5.41, 5.74) is 0.726. The fourth-order valence-corrected chi connectivity index (χ4v) is 1.67. The average Bonchev–Trinajstić information content (AvgIpc) is 2.97. The molecule has 1 aromatic carbocycles. The molecule has 0 bridgehead atoms. The van der Waals surface area contributed by atoms with E-state index in [0.717, 1.165) is 12.0 Å². The molecule has 19 heavy (non-hydrogen) atoms. The molecule has 0 amide bonds. The molecule has 0 aliphatic rings. The predicted molar refractivity (Wildman–Crippen MR) is 69.1 cm³/mol. The Morgan fingerprint density at radius 3 is 2.89 bits per heavy atom. The molecule has 0 aliphatic carbocycles. The smallest absolute Gasteiger partial charge is 0.258 e. The van der Waals surface area contributed by atoms with Gasteiger partial charge in [-0.05, 0) is 31.5 Å². The molecule has 0 N–H and O–H groups in total. The van der Waals surface area contributed by atoms with Crippen LogP contribution in [0, 0.1) is 11.3 Å². The maximum Gasteiger partial charge on any atom is 0.258 e. The van der Waals surface area contributed by atoms with Crippen LogP contribution in [0.2, 0.25) is 0 Å². The number of nitriles is 1. The predicted octanol–water partition coefficient (Wildman–Crippen LogP) is 2.88. The number of nitrogens with zero attached hydrogens (tertiary/aromatic N) is 3. The van der Waals surface area contributed by atoms with E-state index in [1.54, 1.807) is 25.3 Å². The van der Waals surface area contributed by atoms with Crippen LogP contribution in [0.15, 0.2) is 28.8 Å². The van der Waals surface area contributed by atoms with Gasteiger partial charge in [-0.15, -0.1) is 0 Å². The maximum atomic E-state index is 8.88. The molecule has 0 radical (unpaired) electrons. The van der Waals surface area contributed by atoms with Crippen LogP contribution in [0.3, 0.4) is 0 Å². The van der Waals surface area contributed by atoms with Gasteiger partial charge in [-0.2, -0.15) is 10.2 Å². The SMILES string of the molecule is CCC(C)(OC)c1noc(-c2cccc(C#N)c2)n1. The molecule has 2 aromatic rings. The molecule has 5 nitrogen and oxygen atoms in total. The first-order valence-corrected chi connectivity index (χ1v) is 6.03. The molecular weight excluding hydrogens is 242 g/mol. The van der Waals surface area contributed by atoms with Crippen molar-refractivity contribution >= 4 is 0 Å². The van der Waals surface area contributed by atoms with Crippen molar-refractivity contribution in [2.45, 2.75) is 25.9 Å². The van der Waals surface area contributed by atoms with Gasteiger partial charge >= 0.3 is 0 Å². The minimum atomic E-state index is -0.561. The van der Waals surface area contributed by atoms with Crippen molar-refractivity contribution in [2.75, 3.05) is 7.11 Å². The van der Waals surface area contributed by atoms with Crippen LogP contribution >= 0.6 is 0 Å². The van der Waals surface area contributed by atoms with E-state index in [0.29, 0.717) is 17.3 Å². The van der Waals surface area contributed by atoms with Crippen molar-refractivity contribution in [3.8, 4) is 17.5 Å². The first-order chi connectivity index (χ1) is 9.12. The zero-order valence-electron chi connectivity index (χ0n) is 11.2. The zero-order valence-corrected chi connectivity index (χ0v) is 11.2. The van der Waals surface area contributed by atoms with E-state index in [1.807, 2.05) is 19.9 Å². The molecule has 98 valence electrons. The first kappa shape index (κ1) is 13.2. The third-order valence-corrected chi connectivity index (χ3v) is 3.26. The molecule has 0 aliphatic heterocycles. The zero-order chi connectivity index (χ0) is 13.9. The summed E-state index contributed by atoms with van der Waals surface area (Å²) in [5.74, 6) is 0.902. The molecule has 1 atom stereocenters. The molecule has 5 heteroatoms. The number of rotatable bonds is 4. The Morgan fingerprint density at radius 1 is 1.47 bits per heavy atom. The Hall–Kier alpha value is -2.19. The van der Waals surface area contributed by atoms with Gasteiger partial charge in [-0.25, -0.2) is 0 Å². The van der Waals surface area contributed by atoms with Crippen molar-refractivity contribution < 1.29 is 9.26 Å². The third-order valence-electron chi connectivity index (χ3n) is 3.26. The number of hydrogen-bond donors (Lipinski definition) is 0. The van der Waals surface area contributed by atoms with Crippen LogP contribution in [0.1, 0.15) is 31.7 Å². The molecule has 1 heterocycles. The number of ether oxygens (including phenoxy) is 1. The summed E-state index contributed by atoms with van der Waals surface area (Å²) in [5, 5.41) is 12.9. The second kappa shape index (κ2) is 5.21. The van der Waals surface area contributed by atoms with E-state index < -0.39 is 5.60 Å². The molecule has 1 unspecified atom stereocenters. The monoisotopic (exact) mass is 257 g/mol. The highest BCUT2D eigenvalue weighted by Gasteiger charge is 2.30. The lowest BCUT2D eigenvalue weighted by Crippen LogP contribution is -2.24. The Bertz CT molecular complexity index is 609. The number of hydrogen-bond acceptors (Lipinski definition) is 5. The fourth-order valence-electron chi connectivity index (χ4n) is 1.67. The Balaban J connectivity index is 2.38. The van der Waals surface area contributed by atoms with Crippen molar-refractivity contribution in [3.63, 3.8) is 0 Å². The van der Waals surface area contributed by atoms with Crippen molar-refractivity contribution in [1.82, 2.24) is 10.1 Å². The largest absolute Gasteiger partial charge is 0.370 e. The molecule has 1 aromatic heterocycles. The minimum Gasteiger partial charge on any atom is -0.370 e. The summed E-state index contributed by atoms with van der Waals surface area (Å²) in [4.78, 5) is 4.36.